The van der Waals surface area contributed by atoms with E-state index in [9.17, 15) is 4.79 Å². The molecule has 100 valence electrons. The molecular weight excluding hydrogens is 238 g/mol. The highest BCUT2D eigenvalue weighted by Crippen LogP contribution is 2.11. The topological polar surface area (TPSA) is 64.9 Å². The standard InChI is InChI=1S/C15H19N3O/c1-3-9-17-15(19)14(10-16)11-18-12(2)13-7-5-4-6-8-13/h4-8,11-12,18H,3,9H2,1-2H3,(H,17,19)/b14-11-. The largest absolute Gasteiger partial charge is 0.383 e. The van der Waals surface area contributed by atoms with Crippen LogP contribution in [0.25, 0.3) is 0 Å². The molecule has 4 nitrogen and oxygen atoms in total. The second-order valence-corrected chi connectivity index (χ2v) is 4.22. The van der Waals surface area contributed by atoms with Crippen molar-refractivity contribution in [2.75, 3.05) is 6.54 Å². The minimum absolute atomic E-state index is 0.0449. The van der Waals surface area contributed by atoms with Gasteiger partial charge in [0.1, 0.15) is 11.6 Å². The van der Waals surface area contributed by atoms with E-state index in [1.54, 1.807) is 0 Å². The first kappa shape index (κ1) is 14.8. The Morgan fingerprint density at radius 1 is 1.42 bits per heavy atom. The number of nitrogens with zero attached hydrogens (tertiary/aromatic N) is 1. The Hall–Kier alpha value is -2.28. The van der Waals surface area contributed by atoms with Crippen molar-refractivity contribution in [1.82, 2.24) is 10.6 Å². The molecule has 0 spiro atoms. The van der Waals surface area contributed by atoms with Gasteiger partial charge in [-0.15, -0.1) is 0 Å². The van der Waals surface area contributed by atoms with Gasteiger partial charge in [-0.05, 0) is 18.9 Å². The van der Waals surface area contributed by atoms with Crippen LogP contribution in [-0.4, -0.2) is 12.5 Å². The molecule has 0 fully saturated rings. The SMILES string of the molecule is CCCNC(=O)/C(C#N)=C\NC(C)c1ccccc1. The van der Waals surface area contributed by atoms with Crippen LogP contribution in [0.1, 0.15) is 31.9 Å². The van der Waals surface area contributed by atoms with Crippen LogP contribution in [0.4, 0.5) is 0 Å². The predicted molar refractivity (Wildman–Crippen MR) is 75.0 cm³/mol. The molecule has 1 rings (SSSR count). The maximum absolute atomic E-state index is 11.6. The first-order chi connectivity index (χ1) is 9.19. The number of benzene rings is 1. The van der Waals surface area contributed by atoms with Gasteiger partial charge < -0.3 is 10.6 Å². The lowest BCUT2D eigenvalue weighted by molar-refractivity contribution is -0.117. The zero-order chi connectivity index (χ0) is 14.1. The lowest BCUT2D eigenvalue weighted by Gasteiger charge is -2.12. The summed E-state index contributed by atoms with van der Waals surface area (Å²) >= 11 is 0. The van der Waals surface area contributed by atoms with E-state index in [1.807, 2.05) is 50.2 Å². The number of nitriles is 1. The lowest BCUT2D eigenvalue weighted by atomic mass is 10.1. The van der Waals surface area contributed by atoms with Crippen LogP contribution < -0.4 is 10.6 Å². The summed E-state index contributed by atoms with van der Waals surface area (Å²) in [5, 5.41) is 14.7. The van der Waals surface area contributed by atoms with Crippen LogP contribution in [-0.2, 0) is 4.79 Å². The Morgan fingerprint density at radius 2 is 2.11 bits per heavy atom. The van der Waals surface area contributed by atoms with E-state index in [0.717, 1.165) is 12.0 Å². The van der Waals surface area contributed by atoms with Crippen molar-refractivity contribution in [3.63, 3.8) is 0 Å². The Kier molecular flexibility index (Phi) is 6.17. The van der Waals surface area contributed by atoms with Crippen molar-refractivity contribution in [2.24, 2.45) is 0 Å². The van der Waals surface area contributed by atoms with Gasteiger partial charge in [-0.1, -0.05) is 37.3 Å². The summed E-state index contributed by atoms with van der Waals surface area (Å²) in [6.07, 6.45) is 2.32. The molecule has 0 heterocycles. The summed E-state index contributed by atoms with van der Waals surface area (Å²) in [5.41, 5.74) is 1.20. The molecule has 0 saturated heterocycles. The Balaban J connectivity index is 2.63. The first-order valence-corrected chi connectivity index (χ1v) is 6.38. The third kappa shape index (κ3) is 4.84. The molecule has 1 unspecified atom stereocenters. The molecule has 2 N–H and O–H groups in total. The van der Waals surface area contributed by atoms with Gasteiger partial charge in [0, 0.05) is 18.8 Å². The Bertz CT molecular complexity index is 474. The van der Waals surface area contributed by atoms with Gasteiger partial charge in [0.2, 0.25) is 0 Å². The molecule has 1 aromatic rings. The van der Waals surface area contributed by atoms with E-state index >= 15 is 0 Å². The summed E-state index contributed by atoms with van der Waals surface area (Å²) in [7, 11) is 0. The molecule has 0 saturated carbocycles. The molecule has 0 bridgehead atoms. The number of amides is 1. The van der Waals surface area contributed by atoms with E-state index in [4.69, 9.17) is 5.26 Å². The van der Waals surface area contributed by atoms with E-state index in [0.29, 0.717) is 6.54 Å². The van der Waals surface area contributed by atoms with Gasteiger partial charge in [0.05, 0.1) is 0 Å². The molecular formula is C15H19N3O. The molecule has 0 aromatic heterocycles. The van der Waals surface area contributed by atoms with Gasteiger partial charge in [0.25, 0.3) is 5.91 Å². The summed E-state index contributed by atoms with van der Waals surface area (Å²) < 4.78 is 0. The smallest absolute Gasteiger partial charge is 0.263 e. The van der Waals surface area contributed by atoms with Crippen LogP contribution in [0.5, 0.6) is 0 Å². The van der Waals surface area contributed by atoms with Crippen LogP contribution in [0.3, 0.4) is 0 Å². The third-order valence-corrected chi connectivity index (χ3v) is 2.68. The summed E-state index contributed by atoms with van der Waals surface area (Å²) in [4.78, 5) is 11.6. The summed E-state index contributed by atoms with van der Waals surface area (Å²) in [6, 6.07) is 11.8. The predicted octanol–water partition coefficient (Wildman–Crippen LogP) is 2.27. The van der Waals surface area contributed by atoms with Crippen LogP contribution >= 0.6 is 0 Å². The fourth-order valence-electron chi connectivity index (χ4n) is 1.53. The van der Waals surface area contributed by atoms with Crippen molar-refractivity contribution in [3.8, 4) is 6.07 Å². The molecule has 0 aliphatic carbocycles. The minimum atomic E-state index is -0.336. The molecule has 0 radical (unpaired) electrons. The van der Waals surface area contributed by atoms with Crippen molar-refractivity contribution < 1.29 is 4.79 Å². The maximum atomic E-state index is 11.6. The molecule has 1 aromatic carbocycles. The van der Waals surface area contributed by atoms with Gasteiger partial charge >= 0.3 is 0 Å². The highest BCUT2D eigenvalue weighted by atomic mass is 16.1. The van der Waals surface area contributed by atoms with Gasteiger partial charge in [-0.25, -0.2) is 0 Å². The molecule has 19 heavy (non-hydrogen) atoms. The van der Waals surface area contributed by atoms with Gasteiger partial charge in [0.15, 0.2) is 0 Å². The molecule has 4 heteroatoms. The number of nitrogens with one attached hydrogen (secondary N) is 2. The molecule has 1 amide bonds. The van der Waals surface area contributed by atoms with Gasteiger partial charge in [-0.3, -0.25) is 4.79 Å². The quantitative estimate of drug-likeness (QED) is 0.607. The minimum Gasteiger partial charge on any atom is -0.383 e. The van der Waals surface area contributed by atoms with E-state index in [2.05, 4.69) is 10.6 Å². The zero-order valence-corrected chi connectivity index (χ0v) is 11.3. The molecule has 0 aliphatic heterocycles. The van der Waals surface area contributed by atoms with E-state index in [-0.39, 0.29) is 17.5 Å². The van der Waals surface area contributed by atoms with Crippen LogP contribution in [0, 0.1) is 11.3 Å². The second-order valence-electron chi connectivity index (χ2n) is 4.22. The van der Waals surface area contributed by atoms with Crippen molar-refractivity contribution >= 4 is 5.91 Å². The Labute approximate surface area is 114 Å². The maximum Gasteiger partial charge on any atom is 0.263 e. The normalized spacial score (nSPS) is 12.4. The summed E-state index contributed by atoms with van der Waals surface area (Å²) in [5.74, 6) is -0.336. The average molecular weight is 257 g/mol. The third-order valence-electron chi connectivity index (χ3n) is 2.68. The van der Waals surface area contributed by atoms with Crippen LogP contribution in [0.2, 0.25) is 0 Å². The van der Waals surface area contributed by atoms with E-state index in [1.165, 1.54) is 6.20 Å². The highest BCUT2D eigenvalue weighted by molar-refractivity contribution is 5.97. The first-order valence-electron chi connectivity index (χ1n) is 6.38. The van der Waals surface area contributed by atoms with Gasteiger partial charge in [-0.2, -0.15) is 5.26 Å². The number of carbonyl (C=O) groups excluding carboxylic acids is 1. The Morgan fingerprint density at radius 3 is 2.68 bits per heavy atom. The number of hydrogen-bond acceptors (Lipinski definition) is 3. The van der Waals surface area contributed by atoms with Crippen LogP contribution in [0.15, 0.2) is 42.1 Å². The highest BCUT2D eigenvalue weighted by Gasteiger charge is 2.08. The fraction of sp³-hybridized carbons (Fsp3) is 0.333. The molecule has 0 aliphatic rings. The van der Waals surface area contributed by atoms with Crippen molar-refractivity contribution in [1.29, 1.82) is 5.26 Å². The van der Waals surface area contributed by atoms with Crippen molar-refractivity contribution in [3.05, 3.63) is 47.7 Å². The monoisotopic (exact) mass is 257 g/mol. The lowest BCUT2D eigenvalue weighted by Crippen LogP contribution is -2.26. The van der Waals surface area contributed by atoms with E-state index < -0.39 is 0 Å². The zero-order valence-electron chi connectivity index (χ0n) is 11.3. The summed E-state index contributed by atoms with van der Waals surface area (Å²) in [6.45, 7) is 4.52. The number of carbonyl (C=O) groups is 1. The fourth-order valence-corrected chi connectivity index (χ4v) is 1.53. The average Bonchev–Trinajstić information content (AvgIpc) is 2.46. The van der Waals surface area contributed by atoms with Crippen molar-refractivity contribution in [2.45, 2.75) is 26.3 Å². The molecule has 1 atom stereocenters. The second kappa shape index (κ2) is 7.93. The number of hydrogen-bond donors (Lipinski definition) is 2. The number of rotatable bonds is 6.